The Morgan fingerprint density at radius 1 is 1.33 bits per heavy atom. The van der Waals surface area contributed by atoms with Gasteiger partial charge >= 0.3 is 5.97 Å². The zero-order valence-corrected chi connectivity index (χ0v) is 12.1. The molecule has 6 nitrogen and oxygen atoms in total. The summed E-state index contributed by atoms with van der Waals surface area (Å²) in [4.78, 5) is 21.0. The highest BCUT2D eigenvalue weighted by Crippen LogP contribution is 2.24. The van der Waals surface area contributed by atoms with Gasteiger partial charge in [0.05, 0.1) is 22.7 Å². The van der Waals surface area contributed by atoms with Gasteiger partial charge in [-0.15, -0.1) is 16.4 Å². The summed E-state index contributed by atoms with van der Waals surface area (Å²) in [7, 11) is 0. The first-order valence-electron chi connectivity index (χ1n) is 6.38. The molecule has 106 valence electrons. The smallest absolute Gasteiger partial charge is 0.378 e. The number of aromatic nitrogens is 4. The molecule has 0 aliphatic carbocycles. The van der Waals surface area contributed by atoms with E-state index in [4.69, 9.17) is 4.74 Å². The van der Waals surface area contributed by atoms with Crippen LogP contribution in [0.3, 0.4) is 0 Å². The van der Waals surface area contributed by atoms with E-state index >= 15 is 0 Å². The van der Waals surface area contributed by atoms with E-state index in [1.807, 2.05) is 30.3 Å². The summed E-state index contributed by atoms with van der Waals surface area (Å²) in [6, 6.07) is 9.51. The molecule has 0 spiro atoms. The van der Waals surface area contributed by atoms with Crippen molar-refractivity contribution in [1.82, 2.24) is 19.7 Å². The van der Waals surface area contributed by atoms with Crippen molar-refractivity contribution in [3.63, 3.8) is 0 Å². The Bertz CT molecular complexity index is 738. The number of thiazole rings is 1. The Morgan fingerprint density at radius 3 is 2.81 bits per heavy atom. The van der Waals surface area contributed by atoms with Gasteiger partial charge < -0.3 is 4.74 Å². The third kappa shape index (κ3) is 2.68. The van der Waals surface area contributed by atoms with E-state index in [0.29, 0.717) is 5.82 Å². The van der Waals surface area contributed by atoms with Crippen molar-refractivity contribution >= 4 is 17.3 Å². The molecule has 1 aromatic carbocycles. The van der Waals surface area contributed by atoms with Crippen molar-refractivity contribution < 1.29 is 9.53 Å². The van der Waals surface area contributed by atoms with Crippen LogP contribution in [0.1, 0.15) is 17.5 Å². The number of rotatable bonds is 4. The first-order valence-corrected chi connectivity index (χ1v) is 7.26. The molecule has 2 heterocycles. The van der Waals surface area contributed by atoms with Crippen LogP contribution < -0.4 is 0 Å². The van der Waals surface area contributed by atoms with Crippen LogP contribution in [0.2, 0.25) is 0 Å². The Balaban J connectivity index is 2.11. The Hall–Kier alpha value is -2.54. The number of nitrogens with zero attached hydrogens (tertiary/aromatic N) is 4. The Labute approximate surface area is 125 Å². The van der Waals surface area contributed by atoms with Crippen LogP contribution in [0, 0.1) is 0 Å². The van der Waals surface area contributed by atoms with Crippen molar-refractivity contribution in [2.75, 3.05) is 6.61 Å². The number of hydrogen-bond acceptors (Lipinski definition) is 6. The summed E-state index contributed by atoms with van der Waals surface area (Å²) < 4.78 is 6.58. The SMILES string of the molecule is CCOC(=O)c1nc(-c2cncs2)n(-c2ccccc2)n1. The lowest BCUT2D eigenvalue weighted by atomic mass is 10.3. The fourth-order valence-electron chi connectivity index (χ4n) is 1.83. The first kappa shape index (κ1) is 13.4. The van der Waals surface area contributed by atoms with Crippen LogP contribution in [0.25, 0.3) is 16.4 Å². The summed E-state index contributed by atoms with van der Waals surface area (Å²) in [5, 5.41) is 4.26. The predicted molar refractivity (Wildman–Crippen MR) is 78.4 cm³/mol. The van der Waals surface area contributed by atoms with Crippen LogP contribution in [-0.4, -0.2) is 32.3 Å². The second kappa shape index (κ2) is 5.84. The number of ether oxygens (including phenoxy) is 1. The van der Waals surface area contributed by atoms with Gasteiger partial charge in [-0.1, -0.05) is 18.2 Å². The predicted octanol–water partition coefficient (Wildman–Crippen LogP) is 2.57. The number of carbonyl (C=O) groups is 1. The van der Waals surface area contributed by atoms with Gasteiger partial charge in [-0.05, 0) is 19.1 Å². The highest BCUT2D eigenvalue weighted by Gasteiger charge is 2.20. The molecule has 3 aromatic rings. The zero-order chi connectivity index (χ0) is 14.7. The van der Waals surface area contributed by atoms with Crippen molar-refractivity contribution in [1.29, 1.82) is 0 Å². The van der Waals surface area contributed by atoms with E-state index in [1.54, 1.807) is 23.3 Å². The summed E-state index contributed by atoms with van der Waals surface area (Å²) in [5.74, 6) is 0.0915. The fraction of sp³-hybridized carbons (Fsp3) is 0.143. The average molecular weight is 300 g/mol. The van der Waals surface area contributed by atoms with Gasteiger partial charge in [0.15, 0.2) is 5.82 Å². The molecule has 0 amide bonds. The molecule has 0 aliphatic rings. The van der Waals surface area contributed by atoms with Gasteiger partial charge in [0.2, 0.25) is 0 Å². The van der Waals surface area contributed by atoms with Gasteiger partial charge in [-0.2, -0.15) is 4.98 Å². The van der Waals surface area contributed by atoms with Crippen molar-refractivity contribution in [3.8, 4) is 16.4 Å². The molecule has 0 saturated carbocycles. The average Bonchev–Trinajstić information content (AvgIpc) is 3.17. The first-order chi connectivity index (χ1) is 10.3. The van der Waals surface area contributed by atoms with Crippen LogP contribution >= 0.6 is 11.3 Å². The summed E-state index contributed by atoms with van der Waals surface area (Å²) in [6.45, 7) is 2.03. The number of esters is 1. The molecule has 0 aliphatic heterocycles. The van der Waals surface area contributed by atoms with E-state index in [0.717, 1.165) is 10.6 Å². The second-order valence-electron chi connectivity index (χ2n) is 4.09. The largest absolute Gasteiger partial charge is 0.460 e. The van der Waals surface area contributed by atoms with Crippen LogP contribution in [0.15, 0.2) is 42.0 Å². The maximum absolute atomic E-state index is 11.8. The minimum Gasteiger partial charge on any atom is -0.460 e. The maximum Gasteiger partial charge on any atom is 0.378 e. The van der Waals surface area contributed by atoms with Gasteiger partial charge in [0.1, 0.15) is 0 Å². The summed E-state index contributed by atoms with van der Waals surface area (Å²) >= 11 is 1.44. The van der Waals surface area contributed by atoms with Gasteiger partial charge in [0.25, 0.3) is 5.82 Å². The van der Waals surface area contributed by atoms with E-state index in [1.165, 1.54) is 11.3 Å². The van der Waals surface area contributed by atoms with E-state index in [2.05, 4.69) is 15.1 Å². The lowest BCUT2D eigenvalue weighted by Crippen LogP contribution is -2.07. The molecule has 2 aromatic heterocycles. The molecule has 3 rings (SSSR count). The molecule has 0 atom stereocenters. The van der Waals surface area contributed by atoms with Crippen molar-refractivity contribution in [3.05, 3.63) is 47.9 Å². The van der Waals surface area contributed by atoms with Crippen LogP contribution in [-0.2, 0) is 4.74 Å². The minimum atomic E-state index is -0.530. The molecular weight excluding hydrogens is 288 g/mol. The lowest BCUT2D eigenvalue weighted by Gasteiger charge is -2.03. The second-order valence-corrected chi connectivity index (χ2v) is 4.98. The van der Waals surface area contributed by atoms with Gasteiger partial charge in [-0.3, -0.25) is 4.98 Å². The number of carbonyl (C=O) groups excluding carboxylic acids is 1. The topological polar surface area (TPSA) is 69.9 Å². The third-order valence-electron chi connectivity index (χ3n) is 2.72. The molecule has 0 N–H and O–H groups in total. The maximum atomic E-state index is 11.8. The highest BCUT2D eigenvalue weighted by atomic mass is 32.1. The fourth-order valence-corrected chi connectivity index (χ4v) is 2.42. The van der Waals surface area contributed by atoms with Crippen molar-refractivity contribution in [2.45, 2.75) is 6.92 Å². The van der Waals surface area contributed by atoms with Gasteiger partial charge in [0, 0.05) is 6.20 Å². The molecule has 0 saturated heterocycles. The molecular formula is C14H12N4O2S. The monoisotopic (exact) mass is 300 g/mol. The van der Waals surface area contributed by atoms with E-state index in [9.17, 15) is 4.79 Å². The summed E-state index contributed by atoms with van der Waals surface area (Å²) in [5.41, 5.74) is 2.53. The molecule has 0 radical (unpaired) electrons. The molecule has 7 heteroatoms. The molecule has 0 unspecified atom stereocenters. The molecule has 0 fully saturated rings. The molecule has 21 heavy (non-hydrogen) atoms. The normalized spacial score (nSPS) is 10.5. The van der Waals surface area contributed by atoms with Crippen LogP contribution in [0.4, 0.5) is 0 Å². The number of para-hydroxylation sites is 1. The lowest BCUT2D eigenvalue weighted by molar-refractivity contribution is 0.0512. The minimum absolute atomic E-state index is 0.0455. The third-order valence-corrected chi connectivity index (χ3v) is 3.49. The molecule has 0 bridgehead atoms. The van der Waals surface area contributed by atoms with Gasteiger partial charge in [-0.25, -0.2) is 9.48 Å². The van der Waals surface area contributed by atoms with E-state index in [-0.39, 0.29) is 12.4 Å². The van der Waals surface area contributed by atoms with E-state index < -0.39 is 5.97 Å². The van der Waals surface area contributed by atoms with Crippen molar-refractivity contribution in [2.24, 2.45) is 0 Å². The zero-order valence-electron chi connectivity index (χ0n) is 11.3. The quantitative estimate of drug-likeness (QED) is 0.693. The summed E-state index contributed by atoms with van der Waals surface area (Å²) in [6.07, 6.45) is 1.70. The standard InChI is InChI=1S/C14H12N4O2S/c1-2-20-14(19)12-16-13(11-8-15-9-21-11)18(17-12)10-6-4-3-5-7-10/h3-9H,2H2,1H3. The highest BCUT2D eigenvalue weighted by molar-refractivity contribution is 7.13. The number of hydrogen-bond donors (Lipinski definition) is 0. The number of benzene rings is 1. The Kier molecular flexibility index (Phi) is 3.74. The Morgan fingerprint density at radius 2 is 2.14 bits per heavy atom. The van der Waals surface area contributed by atoms with Crippen LogP contribution in [0.5, 0.6) is 0 Å².